The fourth-order valence-corrected chi connectivity index (χ4v) is 4.27. The summed E-state index contributed by atoms with van der Waals surface area (Å²) in [6.45, 7) is 1.94. The van der Waals surface area contributed by atoms with Gasteiger partial charge < -0.3 is 5.73 Å². The summed E-state index contributed by atoms with van der Waals surface area (Å²) in [6, 6.07) is 8.14. The summed E-state index contributed by atoms with van der Waals surface area (Å²) in [4.78, 5) is 0.277. The molecule has 2 N–H and O–H groups in total. The van der Waals surface area contributed by atoms with Gasteiger partial charge in [-0.15, -0.1) is 0 Å². The molecule has 0 fully saturated rings. The van der Waals surface area contributed by atoms with E-state index in [2.05, 4.69) is 0 Å². The molecule has 6 heteroatoms. The molecule has 0 aromatic heterocycles. The third kappa shape index (κ3) is 5.64. The zero-order valence-electron chi connectivity index (χ0n) is 10.9. The fraction of sp³-hybridized carbons (Fsp3) is 0.462. The summed E-state index contributed by atoms with van der Waals surface area (Å²) < 4.78 is 24.0. The molecular weight excluding hydrogens is 280 g/mol. The van der Waals surface area contributed by atoms with Crippen molar-refractivity contribution in [1.82, 2.24) is 0 Å². The van der Waals surface area contributed by atoms with E-state index < -0.39 is 9.84 Å². The van der Waals surface area contributed by atoms with E-state index in [0.717, 1.165) is 12.2 Å². The topological polar surface area (TPSA) is 84.0 Å². The van der Waals surface area contributed by atoms with E-state index in [9.17, 15) is 8.42 Å². The number of thioether (sulfide) groups is 1. The molecule has 1 rings (SSSR count). The quantitative estimate of drug-likeness (QED) is 0.776. The van der Waals surface area contributed by atoms with Gasteiger partial charge in [-0.3, -0.25) is 0 Å². The first-order chi connectivity index (χ1) is 8.95. The SMILES string of the molecule is CC(N)CCSCCS(=O)(=O)c1ccc(C#N)cc1. The van der Waals surface area contributed by atoms with Gasteiger partial charge in [0.25, 0.3) is 0 Å². The van der Waals surface area contributed by atoms with Crippen LogP contribution in [0.4, 0.5) is 0 Å². The van der Waals surface area contributed by atoms with Crippen LogP contribution in [-0.2, 0) is 9.84 Å². The van der Waals surface area contributed by atoms with Gasteiger partial charge in [-0.25, -0.2) is 8.42 Å². The van der Waals surface area contributed by atoms with Crippen LogP contribution in [-0.4, -0.2) is 31.7 Å². The maximum Gasteiger partial charge on any atom is 0.179 e. The van der Waals surface area contributed by atoms with Crippen LogP contribution in [0, 0.1) is 11.3 Å². The van der Waals surface area contributed by atoms with Crippen LogP contribution in [0.25, 0.3) is 0 Å². The summed E-state index contributed by atoms with van der Waals surface area (Å²) in [5.41, 5.74) is 6.08. The predicted molar refractivity (Wildman–Crippen MR) is 78.8 cm³/mol. The number of benzene rings is 1. The van der Waals surface area contributed by atoms with Crippen molar-refractivity contribution in [3.8, 4) is 6.07 Å². The van der Waals surface area contributed by atoms with Crippen molar-refractivity contribution in [2.45, 2.75) is 24.3 Å². The predicted octanol–water partition coefficient (Wildman–Crippen LogP) is 1.80. The monoisotopic (exact) mass is 298 g/mol. The maximum absolute atomic E-state index is 12.0. The Kier molecular flexibility index (Phi) is 6.35. The molecule has 1 atom stereocenters. The first kappa shape index (κ1) is 16.0. The Morgan fingerprint density at radius 2 is 1.95 bits per heavy atom. The highest BCUT2D eigenvalue weighted by molar-refractivity contribution is 8.00. The van der Waals surface area contributed by atoms with Crippen LogP contribution in [0.3, 0.4) is 0 Å². The third-order valence-corrected chi connectivity index (χ3v) is 5.56. The van der Waals surface area contributed by atoms with Crippen molar-refractivity contribution in [3.63, 3.8) is 0 Å². The number of nitrogens with two attached hydrogens (primary N) is 1. The standard InChI is InChI=1S/C13H18N2O2S2/c1-11(15)6-7-18-8-9-19(16,17)13-4-2-12(10-14)3-5-13/h2-5,11H,6-9,15H2,1H3. The summed E-state index contributed by atoms with van der Waals surface area (Å²) in [5.74, 6) is 1.55. The molecule has 1 unspecified atom stereocenters. The van der Waals surface area contributed by atoms with Gasteiger partial charge in [0.1, 0.15) is 0 Å². The van der Waals surface area contributed by atoms with E-state index in [4.69, 9.17) is 11.0 Å². The lowest BCUT2D eigenvalue weighted by molar-refractivity contribution is 0.597. The average Bonchev–Trinajstić information content (AvgIpc) is 2.38. The van der Waals surface area contributed by atoms with Crippen LogP contribution in [0.2, 0.25) is 0 Å². The molecule has 0 amide bonds. The molecule has 0 heterocycles. The molecule has 0 aliphatic heterocycles. The number of sulfone groups is 1. The van der Waals surface area contributed by atoms with Gasteiger partial charge in [-0.2, -0.15) is 17.0 Å². The van der Waals surface area contributed by atoms with Gasteiger partial charge >= 0.3 is 0 Å². The number of hydrogen-bond donors (Lipinski definition) is 1. The van der Waals surface area contributed by atoms with E-state index in [1.54, 1.807) is 11.8 Å². The van der Waals surface area contributed by atoms with Crippen molar-refractivity contribution in [1.29, 1.82) is 5.26 Å². The molecule has 4 nitrogen and oxygen atoms in total. The first-order valence-corrected chi connectivity index (χ1v) is 8.82. The smallest absolute Gasteiger partial charge is 0.179 e. The lowest BCUT2D eigenvalue weighted by atomic mass is 10.2. The number of nitrogens with zero attached hydrogens (tertiary/aromatic N) is 1. The van der Waals surface area contributed by atoms with Crippen LogP contribution in [0.5, 0.6) is 0 Å². The molecular formula is C13H18N2O2S2. The van der Waals surface area contributed by atoms with E-state index in [1.807, 2.05) is 13.0 Å². The zero-order valence-corrected chi connectivity index (χ0v) is 12.5. The third-order valence-electron chi connectivity index (χ3n) is 2.56. The lowest BCUT2D eigenvalue weighted by Crippen LogP contribution is -2.16. The molecule has 0 saturated heterocycles. The van der Waals surface area contributed by atoms with Gasteiger partial charge in [0.05, 0.1) is 22.3 Å². The Balaban J connectivity index is 2.49. The number of rotatable bonds is 7. The van der Waals surface area contributed by atoms with Crippen LogP contribution in [0.1, 0.15) is 18.9 Å². The van der Waals surface area contributed by atoms with Crippen molar-refractivity contribution in [2.24, 2.45) is 5.73 Å². The van der Waals surface area contributed by atoms with E-state index in [-0.39, 0.29) is 16.7 Å². The zero-order chi connectivity index (χ0) is 14.3. The van der Waals surface area contributed by atoms with Crippen LogP contribution >= 0.6 is 11.8 Å². The van der Waals surface area contributed by atoms with Crippen molar-refractivity contribution in [3.05, 3.63) is 29.8 Å². The largest absolute Gasteiger partial charge is 0.328 e. The van der Waals surface area contributed by atoms with Gasteiger partial charge in [0.2, 0.25) is 0 Å². The number of nitriles is 1. The summed E-state index contributed by atoms with van der Waals surface area (Å²) in [7, 11) is -3.25. The van der Waals surface area contributed by atoms with Gasteiger partial charge in [-0.1, -0.05) is 0 Å². The first-order valence-electron chi connectivity index (χ1n) is 6.02. The maximum atomic E-state index is 12.0. The van der Waals surface area contributed by atoms with E-state index in [1.165, 1.54) is 24.3 Å². The summed E-state index contributed by atoms with van der Waals surface area (Å²) >= 11 is 1.60. The van der Waals surface area contributed by atoms with Crippen molar-refractivity contribution >= 4 is 21.6 Å². The van der Waals surface area contributed by atoms with E-state index in [0.29, 0.717) is 11.3 Å². The van der Waals surface area contributed by atoms with Crippen LogP contribution < -0.4 is 5.73 Å². The van der Waals surface area contributed by atoms with Crippen molar-refractivity contribution in [2.75, 3.05) is 17.3 Å². The van der Waals surface area contributed by atoms with Gasteiger partial charge in [-0.05, 0) is 43.4 Å². The highest BCUT2D eigenvalue weighted by Gasteiger charge is 2.13. The second-order valence-electron chi connectivity index (χ2n) is 4.33. The summed E-state index contributed by atoms with van der Waals surface area (Å²) in [5, 5.41) is 8.66. The van der Waals surface area contributed by atoms with Gasteiger partial charge in [0, 0.05) is 11.8 Å². The minimum Gasteiger partial charge on any atom is -0.328 e. The highest BCUT2D eigenvalue weighted by atomic mass is 32.2. The Bertz CT molecular complexity index is 531. The van der Waals surface area contributed by atoms with E-state index >= 15 is 0 Å². The molecule has 0 saturated carbocycles. The minimum atomic E-state index is -3.25. The van der Waals surface area contributed by atoms with Crippen molar-refractivity contribution < 1.29 is 8.42 Å². The molecule has 19 heavy (non-hydrogen) atoms. The minimum absolute atomic E-state index is 0.114. The Morgan fingerprint density at radius 1 is 1.32 bits per heavy atom. The molecule has 1 aromatic rings. The average molecular weight is 298 g/mol. The highest BCUT2D eigenvalue weighted by Crippen LogP contribution is 2.14. The van der Waals surface area contributed by atoms with Crippen LogP contribution in [0.15, 0.2) is 29.2 Å². The molecule has 0 aliphatic rings. The second kappa shape index (κ2) is 7.53. The Morgan fingerprint density at radius 3 is 2.47 bits per heavy atom. The Hall–Kier alpha value is -1.03. The molecule has 0 spiro atoms. The number of hydrogen-bond acceptors (Lipinski definition) is 5. The molecule has 0 aliphatic carbocycles. The summed E-state index contributed by atoms with van der Waals surface area (Å²) in [6.07, 6.45) is 0.890. The fourth-order valence-electron chi connectivity index (χ4n) is 1.39. The second-order valence-corrected chi connectivity index (χ2v) is 7.67. The Labute approximate surface area is 118 Å². The molecule has 104 valence electrons. The molecule has 1 aromatic carbocycles. The lowest BCUT2D eigenvalue weighted by Gasteiger charge is -2.06. The molecule has 0 radical (unpaired) electrons. The molecule has 0 bridgehead atoms. The normalized spacial score (nSPS) is 12.9. The van der Waals surface area contributed by atoms with Gasteiger partial charge in [0.15, 0.2) is 9.84 Å².